The Morgan fingerprint density at radius 1 is 1.17 bits per heavy atom. The molecule has 36 heavy (non-hydrogen) atoms. The SMILES string of the molecule is C[C@@H](OC(=O)Nc1ccc(-c2c(C#N)c3ccc(OCS(C)(=O)=O)cc3n2C2CCC2)cc1)C1CC1. The third kappa shape index (κ3) is 5.05. The van der Waals surface area contributed by atoms with E-state index in [0.29, 0.717) is 22.9 Å². The quantitative estimate of drug-likeness (QED) is 0.423. The molecule has 2 aliphatic rings. The Labute approximate surface area is 210 Å². The number of nitrogens with zero attached hydrogens (tertiary/aromatic N) is 2. The van der Waals surface area contributed by atoms with Crippen LogP contribution in [0.2, 0.25) is 0 Å². The van der Waals surface area contributed by atoms with Crippen LogP contribution in [-0.4, -0.2) is 37.4 Å². The first-order valence-electron chi connectivity index (χ1n) is 12.2. The van der Waals surface area contributed by atoms with Gasteiger partial charge in [-0.05, 0) is 74.8 Å². The van der Waals surface area contributed by atoms with Crippen LogP contribution in [0, 0.1) is 17.2 Å². The van der Waals surface area contributed by atoms with Crippen molar-refractivity contribution < 1.29 is 22.7 Å². The molecule has 2 fully saturated rings. The average molecular weight is 508 g/mol. The second-order valence-corrected chi connectivity index (χ2v) is 11.9. The van der Waals surface area contributed by atoms with Crippen molar-refractivity contribution in [2.45, 2.75) is 51.2 Å². The summed E-state index contributed by atoms with van der Waals surface area (Å²) in [6.07, 6.45) is 5.88. The number of rotatable bonds is 8. The molecule has 1 N–H and O–H groups in total. The zero-order valence-corrected chi connectivity index (χ0v) is 21.2. The van der Waals surface area contributed by atoms with Gasteiger partial charge in [0, 0.05) is 29.4 Å². The molecule has 1 atom stereocenters. The van der Waals surface area contributed by atoms with Gasteiger partial charge in [0.25, 0.3) is 0 Å². The number of carbonyl (C=O) groups excluding carboxylic acids is 1. The minimum Gasteiger partial charge on any atom is -0.478 e. The van der Waals surface area contributed by atoms with Crippen molar-refractivity contribution >= 4 is 32.5 Å². The molecule has 9 heteroatoms. The van der Waals surface area contributed by atoms with Gasteiger partial charge in [0.05, 0.1) is 16.8 Å². The molecule has 0 spiro atoms. The topological polar surface area (TPSA) is 110 Å². The number of hydrogen-bond donors (Lipinski definition) is 1. The predicted octanol–water partition coefficient (Wildman–Crippen LogP) is 5.63. The van der Waals surface area contributed by atoms with E-state index in [4.69, 9.17) is 9.47 Å². The smallest absolute Gasteiger partial charge is 0.411 e. The first-order chi connectivity index (χ1) is 17.2. The summed E-state index contributed by atoms with van der Waals surface area (Å²) in [5.74, 6) is 0.505. The van der Waals surface area contributed by atoms with Crippen molar-refractivity contribution in [3.8, 4) is 23.1 Å². The van der Waals surface area contributed by atoms with Gasteiger partial charge in [-0.2, -0.15) is 5.26 Å². The van der Waals surface area contributed by atoms with Crippen molar-refractivity contribution in [2.24, 2.45) is 5.92 Å². The summed E-state index contributed by atoms with van der Waals surface area (Å²) < 4.78 is 36.3. The van der Waals surface area contributed by atoms with Crippen LogP contribution in [0.4, 0.5) is 10.5 Å². The second-order valence-electron chi connectivity index (χ2n) is 9.81. The van der Waals surface area contributed by atoms with Gasteiger partial charge < -0.3 is 14.0 Å². The normalized spacial score (nSPS) is 16.7. The molecular weight excluding hydrogens is 478 g/mol. The van der Waals surface area contributed by atoms with Crippen molar-refractivity contribution in [3.63, 3.8) is 0 Å². The molecule has 0 bridgehead atoms. The zero-order valence-electron chi connectivity index (χ0n) is 20.4. The maximum absolute atomic E-state index is 12.2. The second kappa shape index (κ2) is 9.51. The van der Waals surface area contributed by atoms with E-state index in [1.807, 2.05) is 43.3 Å². The molecular formula is C27H29N3O5S. The highest BCUT2D eigenvalue weighted by atomic mass is 32.2. The summed E-state index contributed by atoms with van der Waals surface area (Å²) in [5.41, 5.74) is 3.70. The number of carbonyl (C=O) groups is 1. The number of nitriles is 1. The van der Waals surface area contributed by atoms with E-state index in [-0.39, 0.29) is 12.1 Å². The summed E-state index contributed by atoms with van der Waals surface area (Å²) in [4.78, 5) is 12.2. The van der Waals surface area contributed by atoms with Gasteiger partial charge in [0.15, 0.2) is 15.8 Å². The summed E-state index contributed by atoms with van der Waals surface area (Å²) in [5, 5.41) is 13.7. The van der Waals surface area contributed by atoms with E-state index in [1.54, 1.807) is 6.07 Å². The number of aromatic nitrogens is 1. The fourth-order valence-electron chi connectivity index (χ4n) is 4.67. The molecule has 2 aromatic carbocycles. The van der Waals surface area contributed by atoms with Crippen LogP contribution in [0.3, 0.4) is 0 Å². The lowest BCUT2D eigenvalue weighted by atomic mass is 9.92. The van der Waals surface area contributed by atoms with E-state index in [9.17, 15) is 18.5 Å². The van der Waals surface area contributed by atoms with Crippen molar-refractivity contribution in [3.05, 3.63) is 48.0 Å². The maximum Gasteiger partial charge on any atom is 0.411 e. The van der Waals surface area contributed by atoms with Gasteiger partial charge in [0.1, 0.15) is 17.9 Å². The van der Waals surface area contributed by atoms with Crippen molar-refractivity contribution in [1.29, 1.82) is 5.26 Å². The van der Waals surface area contributed by atoms with Crippen molar-refractivity contribution in [2.75, 3.05) is 17.5 Å². The Hall–Kier alpha value is -3.51. The first-order valence-corrected chi connectivity index (χ1v) is 14.3. The number of benzene rings is 2. The van der Waals surface area contributed by atoms with Crippen LogP contribution in [0.25, 0.3) is 22.2 Å². The van der Waals surface area contributed by atoms with Crippen LogP contribution >= 0.6 is 0 Å². The first kappa shape index (κ1) is 24.2. The minimum atomic E-state index is -3.29. The van der Waals surface area contributed by atoms with Crippen LogP contribution in [0.15, 0.2) is 42.5 Å². The molecule has 0 unspecified atom stereocenters. The number of hydrogen-bond acceptors (Lipinski definition) is 6. The zero-order chi connectivity index (χ0) is 25.4. The highest BCUT2D eigenvalue weighted by Crippen LogP contribution is 2.43. The fraction of sp³-hybridized carbons (Fsp3) is 0.407. The number of fused-ring (bicyclic) bond motifs is 1. The predicted molar refractivity (Wildman–Crippen MR) is 138 cm³/mol. The Morgan fingerprint density at radius 2 is 1.89 bits per heavy atom. The number of ether oxygens (including phenoxy) is 2. The molecule has 2 aliphatic carbocycles. The highest BCUT2D eigenvalue weighted by Gasteiger charge is 2.31. The maximum atomic E-state index is 12.2. The molecule has 3 aromatic rings. The number of amides is 1. The number of anilines is 1. The van der Waals surface area contributed by atoms with Gasteiger partial charge in [0.2, 0.25) is 0 Å². The number of nitrogens with one attached hydrogen (secondary N) is 1. The van der Waals surface area contributed by atoms with Gasteiger partial charge in [-0.3, -0.25) is 5.32 Å². The lowest BCUT2D eigenvalue weighted by molar-refractivity contribution is 0.108. The highest BCUT2D eigenvalue weighted by molar-refractivity contribution is 7.90. The van der Waals surface area contributed by atoms with E-state index in [1.165, 1.54) is 0 Å². The molecule has 0 saturated heterocycles. The van der Waals surface area contributed by atoms with E-state index in [0.717, 1.165) is 60.5 Å². The van der Waals surface area contributed by atoms with Crippen molar-refractivity contribution in [1.82, 2.24) is 4.57 Å². The summed E-state index contributed by atoms with van der Waals surface area (Å²) in [6, 6.07) is 15.4. The van der Waals surface area contributed by atoms with Crippen LogP contribution in [0.5, 0.6) is 5.75 Å². The average Bonchev–Trinajstić information content (AvgIpc) is 3.60. The summed E-state index contributed by atoms with van der Waals surface area (Å²) in [6.45, 7) is 1.92. The Bertz CT molecular complexity index is 1450. The van der Waals surface area contributed by atoms with Gasteiger partial charge in [-0.25, -0.2) is 13.2 Å². The number of sulfone groups is 1. The molecule has 1 heterocycles. The monoisotopic (exact) mass is 507 g/mol. The molecule has 2 saturated carbocycles. The molecule has 0 aliphatic heterocycles. The van der Waals surface area contributed by atoms with Crippen LogP contribution in [0.1, 0.15) is 50.6 Å². The Morgan fingerprint density at radius 3 is 2.47 bits per heavy atom. The molecule has 188 valence electrons. The van der Waals surface area contributed by atoms with Crippen LogP contribution < -0.4 is 10.1 Å². The van der Waals surface area contributed by atoms with Gasteiger partial charge >= 0.3 is 6.09 Å². The Balaban J connectivity index is 1.47. The van der Waals surface area contributed by atoms with Gasteiger partial charge in [-0.1, -0.05) is 12.1 Å². The fourth-order valence-corrected chi connectivity index (χ4v) is 5.02. The molecule has 8 nitrogen and oxygen atoms in total. The lowest BCUT2D eigenvalue weighted by Gasteiger charge is -2.30. The summed E-state index contributed by atoms with van der Waals surface area (Å²) >= 11 is 0. The third-order valence-electron chi connectivity index (χ3n) is 6.95. The minimum absolute atomic E-state index is 0.0908. The van der Waals surface area contributed by atoms with Gasteiger partial charge in [-0.15, -0.1) is 0 Å². The van der Waals surface area contributed by atoms with E-state index >= 15 is 0 Å². The molecule has 1 amide bonds. The third-order valence-corrected chi connectivity index (χ3v) is 7.50. The lowest BCUT2D eigenvalue weighted by Crippen LogP contribution is -2.21. The summed E-state index contributed by atoms with van der Waals surface area (Å²) in [7, 11) is -3.29. The van der Waals surface area contributed by atoms with E-state index in [2.05, 4.69) is 16.0 Å². The molecule has 5 rings (SSSR count). The van der Waals surface area contributed by atoms with E-state index < -0.39 is 21.9 Å². The largest absolute Gasteiger partial charge is 0.478 e. The van der Waals surface area contributed by atoms with Crippen LogP contribution in [-0.2, 0) is 14.6 Å². The molecule has 1 aromatic heterocycles. The Kier molecular flexibility index (Phi) is 6.39. The molecule has 0 radical (unpaired) electrons. The standard InChI is InChI=1S/C27H29N3O5S/c1-17(18-6-7-18)35-27(31)29-20-10-8-19(9-11-20)26-24(15-28)23-13-12-22(34-16-36(2,32)33)14-25(23)30(26)21-4-3-5-21/h8-14,17-18,21H,3-7,16H2,1-2H3,(H,29,31)/t17-/m1/s1.